The quantitative estimate of drug-likeness (QED) is 0.133. The van der Waals surface area contributed by atoms with E-state index in [4.69, 9.17) is 4.98 Å². The molecule has 1 aliphatic rings. The molecule has 5 aromatic rings. The predicted molar refractivity (Wildman–Crippen MR) is 171 cm³/mol. The summed E-state index contributed by atoms with van der Waals surface area (Å²) in [6.45, 7) is 9.35. The van der Waals surface area contributed by atoms with Gasteiger partial charge in [0.25, 0.3) is 0 Å². The number of benzene rings is 3. The molecule has 2 heterocycles. The van der Waals surface area contributed by atoms with Gasteiger partial charge in [0.05, 0.1) is 8.07 Å². The molecule has 1 aliphatic carbocycles. The molecule has 4 heteroatoms. The number of aryl methyl sites for hydroxylation is 1. The molecule has 1 radical (unpaired) electrons. The average Bonchev–Trinajstić information content (AvgIpc) is 3.53. The standard InChI is InChI=1S/C19H24NSi.C18H14N.Ir/c1-21(2,3)19-14-20-18(16-11-5-4-6-12-16)13-17(19)15-9-7-8-10-15;1-14-12-17(15-8-4-2-5-9-15)18(19-13-14)16-10-6-3-7-11-16;/h4-6,11,13-15H,7-10H2,1-3H3;2-10,12-13H,1H3;/q2*-1;. The normalized spacial score (nSPS) is 13.2. The fraction of sp³-hybridized carbons (Fsp3) is 0.243. The molecule has 0 N–H and O–H groups in total. The van der Waals surface area contributed by atoms with Crippen molar-refractivity contribution >= 4 is 13.3 Å². The molecule has 41 heavy (non-hydrogen) atoms. The SMILES string of the molecule is C[Si](C)(C)c1cnc(-c2[c-]cccc2)cc1C1CCCC1.Cc1cnc(-c2[c-]cccc2)c(-c2ccccc2)c1.[Ir]. The monoisotopic (exact) mass is 731 g/mol. The molecule has 0 unspecified atom stereocenters. The van der Waals surface area contributed by atoms with Gasteiger partial charge in [-0.25, -0.2) is 0 Å². The van der Waals surface area contributed by atoms with Crippen molar-refractivity contribution in [2.75, 3.05) is 0 Å². The smallest absolute Gasteiger partial charge is 0.0799 e. The van der Waals surface area contributed by atoms with Gasteiger partial charge < -0.3 is 9.97 Å². The topological polar surface area (TPSA) is 25.8 Å². The predicted octanol–water partition coefficient (Wildman–Crippen LogP) is 9.27. The Balaban J connectivity index is 0.000000185. The number of aromatic nitrogens is 2. The second kappa shape index (κ2) is 14.1. The second-order valence-electron chi connectivity index (χ2n) is 11.7. The zero-order chi connectivity index (χ0) is 28.0. The zero-order valence-electron chi connectivity index (χ0n) is 24.4. The molecule has 0 aliphatic heterocycles. The second-order valence-corrected chi connectivity index (χ2v) is 16.8. The van der Waals surface area contributed by atoms with Crippen molar-refractivity contribution in [3.63, 3.8) is 0 Å². The van der Waals surface area contributed by atoms with Crippen LogP contribution in [0.1, 0.15) is 42.7 Å². The van der Waals surface area contributed by atoms with E-state index in [0.717, 1.165) is 34.0 Å². The van der Waals surface area contributed by atoms with Gasteiger partial charge in [-0.05, 0) is 58.9 Å². The summed E-state index contributed by atoms with van der Waals surface area (Å²) in [6.07, 6.45) is 9.52. The first-order valence-electron chi connectivity index (χ1n) is 14.4. The van der Waals surface area contributed by atoms with Crippen LogP contribution in [0.2, 0.25) is 19.6 Å². The maximum atomic E-state index is 4.75. The van der Waals surface area contributed by atoms with Gasteiger partial charge in [-0.3, -0.25) is 0 Å². The number of hydrogen-bond acceptors (Lipinski definition) is 2. The summed E-state index contributed by atoms with van der Waals surface area (Å²) in [6, 6.07) is 37.6. The Morgan fingerprint density at radius 2 is 1.37 bits per heavy atom. The van der Waals surface area contributed by atoms with Crippen LogP contribution < -0.4 is 5.19 Å². The molecular weight excluding hydrogens is 693 g/mol. The van der Waals surface area contributed by atoms with Gasteiger partial charge in [-0.2, -0.15) is 0 Å². The van der Waals surface area contributed by atoms with Crippen LogP contribution in [0.3, 0.4) is 0 Å². The molecule has 2 nitrogen and oxygen atoms in total. The molecule has 1 fully saturated rings. The Bertz CT molecular complexity index is 1520. The molecule has 211 valence electrons. The van der Waals surface area contributed by atoms with E-state index in [-0.39, 0.29) is 20.1 Å². The third-order valence-corrected chi connectivity index (χ3v) is 9.63. The maximum Gasteiger partial charge on any atom is 0.0799 e. The molecule has 0 saturated heterocycles. The van der Waals surface area contributed by atoms with E-state index in [1.54, 1.807) is 10.8 Å². The summed E-state index contributed by atoms with van der Waals surface area (Å²) >= 11 is 0. The van der Waals surface area contributed by atoms with Gasteiger partial charge in [0, 0.05) is 32.5 Å². The molecular formula is C37H38IrN2Si-2. The molecule has 0 spiro atoms. The van der Waals surface area contributed by atoms with E-state index in [1.807, 2.05) is 48.7 Å². The third-order valence-electron chi connectivity index (χ3n) is 7.60. The molecule has 2 aromatic heterocycles. The van der Waals surface area contributed by atoms with Gasteiger partial charge in [-0.1, -0.05) is 80.5 Å². The van der Waals surface area contributed by atoms with Crippen molar-refractivity contribution in [1.29, 1.82) is 0 Å². The van der Waals surface area contributed by atoms with Crippen LogP contribution in [-0.2, 0) is 20.1 Å². The first kappa shape index (κ1) is 30.8. The summed E-state index contributed by atoms with van der Waals surface area (Å²) in [5.41, 5.74) is 9.29. The van der Waals surface area contributed by atoms with E-state index in [2.05, 4.69) is 98.4 Å². The number of pyridine rings is 2. The molecule has 6 rings (SSSR count). The van der Waals surface area contributed by atoms with E-state index >= 15 is 0 Å². The van der Waals surface area contributed by atoms with Crippen LogP contribution in [0.25, 0.3) is 33.6 Å². The van der Waals surface area contributed by atoms with E-state index in [1.165, 1.54) is 36.8 Å². The van der Waals surface area contributed by atoms with E-state index in [0.29, 0.717) is 0 Å². The van der Waals surface area contributed by atoms with Gasteiger partial charge in [0.2, 0.25) is 0 Å². The Morgan fingerprint density at radius 3 is 1.98 bits per heavy atom. The largest absolute Gasteiger partial charge is 0.305 e. The Morgan fingerprint density at radius 1 is 0.732 bits per heavy atom. The van der Waals surface area contributed by atoms with Gasteiger partial charge in [0.1, 0.15) is 0 Å². The fourth-order valence-electron chi connectivity index (χ4n) is 5.53. The minimum Gasteiger partial charge on any atom is -0.305 e. The Kier molecular flexibility index (Phi) is 10.6. The summed E-state index contributed by atoms with van der Waals surface area (Å²) in [5, 5.41) is 1.55. The van der Waals surface area contributed by atoms with Gasteiger partial charge in [0.15, 0.2) is 0 Å². The van der Waals surface area contributed by atoms with Crippen molar-refractivity contribution < 1.29 is 20.1 Å². The summed E-state index contributed by atoms with van der Waals surface area (Å²) in [5.74, 6) is 0.747. The van der Waals surface area contributed by atoms with Crippen molar-refractivity contribution in [3.8, 4) is 33.6 Å². The van der Waals surface area contributed by atoms with E-state index in [9.17, 15) is 0 Å². The fourth-order valence-corrected chi connectivity index (χ4v) is 7.13. The number of nitrogens with zero attached hydrogens (tertiary/aromatic N) is 2. The van der Waals surface area contributed by atoms with Crippen LogP contribution >= 0.6 is 0 Å². The van der Waals surface area contributed by atoms with Crippen molar-refractivity contribution in [3.05, 3.63) is 127 Å². The van der Waals surface area contributed by atoms with Crippen LogP contribution in [0, 0.1) is 19.1 Å². The average molecular weight is 731 g/mol. The minimum atomic E-state index is -1.34. The van der Waals surface area contributed by atoms with Crippen LogP contribution in [0.4, 0.5) is 0 Å². The van der Waals surface area contributed by atoms with E-state index < -0.39 is 8.07 Å². The van der Waals surface area contributed by atoms with Gasteiger partial charge >= 0.3 is 0 Å². The molecule has 0 amide bonds. The molecule has 0 atom stereocenters. The van der Waals surface area contributed by atoms with Crippen LogP contribution in [0.5, 0.6) is 0 Å². The first-order valence-corrected chi connectivity index (χ1v) is 17.9. The zero-order valence-corrected chi connectivity index (χ0v) is 27.8. The summed E-state index contributed by atoms with van der Waals surface area (Å²) < 4.78 is 0. The number of rotatable bonds is 5. The molecule has 0 bridgehead atoms. The van der Waals surface area contributed by atoms with Crippen LogP contribution in [-0.4, -0.2) is 18.0 Å². The molecule has 1 saturated carbocycles. The van der Waals surface area contributed by atoms with Crippen molar-refractivity contribution in [2.24, 2.45) is 0 Å². The van der Waals surface area contributed by atoms with Crippen molar-refractivity contribution in [2.45, 2.75) is 58.2 Å². The van der Waals surface area contributed by atoms with Crippen LogP contribution in [0.15, 0.2) is 103 Å². The number of hydrogen-bond donors (Lipinski definition) is 0. The Hall–Kier alpha value is -3.17. The maximum absolute atomic E-state index is 4.75. The molecule has 3 aromatic carbocycles. The minimum absolute atomic E-state index is 0. The summed E-state index contributed by atoms with van der Waals surface area (Å²) in [7, 11) is -1.34. The third kappa shape index (κ3) is 7.77. The Labute approximate surface area is 260 Å². The summed E-state index contributed by atoms with van der Waals surface area (Å²) in [4.78, 5) is 9.34. The van der Waals surface area contributed by atoms with Gasteiger partial charge in [-0.15, -0.1) is 71.8 Å². The van der Waals surface area contributed by atoms with Crippen molar-refractivity contribution in [1.82, 2.24) is 9.97 Å². The first-order chi connectivity index (χ1) is 19.4.